The van der Waals surface area contributed by atoms with E-state index in [9.17, 15) is 9.59 Å². The summed E-state index contributed by atoms with van der Waals surface area (Å²) in [5.74, 6) is -1.10. The van der Waals surface area contributed by atoms with E-state index in [0.717, 1.165) is 0 Å². The number of carbonyl (C=O) groups excluding carboxylic acids is 2. The average molecular weight is 289 g/mol. The van der Waals surface area contributed by atoms with Crippen molar-refractivity contribution in [2.24, 2.45) is 0 Å². The molecule has 0 saturated carbocycles. The van der Waals surface area contributed by atoms with Gasteiger partial charge in [0.05, 0.1) is 23.6 Å². The lowest BCUT2D eigenvalue weighted by Crippen LogP contribution is -2.17. The molecule has 0 aliphatic carbocycles. The summed E-state index contributed by atoms with van der Waals surface area (Å²) >= 11 is 7.37. The molecule has 0 fully saturated rings. The first-order valence-electron chi connectivity index (χ1n) is 5.18. The highest BCUT2D eigenvalue weighted by atomic mass is 35.5. The smallest absolute Gasteiger partial charge is 0.379 e. The zero-order valence-electron chi connectivity index (χ0n) is 10.3. The van der Waals surface area contributed by atoms with Gasteiger partial charge in [-0.15, -0.1) is 11.8 Å². The Bertz CT molecular complexity index is 473. The van der Waals surface area contributed by atoms with Crippen LogP contribution in [-0.2, 0) is 9.53 Å². The summed E-state index contributed by atoms with van der Waals surface area (Å²) in [5, 5.41) is 0.289. The van der Waals surface area contributed by atoms with Crippen LogP contribution in [0.3, 0.4) is 0 Å². The summed E-state index contributed by atoms with van der Waals surface area (Å²) in [5.41, 5.74) is 0.198. The molecular weight excluding hydrogens is 276 g/mol. The van der Waals surface area contributed by atoms with E-state index >= 15 is 0 Å². The molecule has 0 amide bonds. The van der Waals surface area contributed by atoms with Crippen molar-refractivity contribution in [3.8, 4) is 5.75 Å². The highest BCUT2D eigenvalue weighted by Crippen LogP contribution is 2.35. The quantitative estimate of drug-likeness (QED) is 0.361. The lowest BCUT2D eigenvalue weighted by Gasteiger charge is -2.10. The van der Waals surface area contributed by atoms with E-state index in [4.69, 9.17) is 16.3 Å². The molecule has 0 bridgehead atoms. The van der Waals surface area contributed by atoms with Crippen molar-refractivity contribution in [2.75, 3.05) is 20.0 Å². The van der Waals surface area contributed by atoms with Gasteiger partial charge < -0.3 is 9.47 Å². The van der Waals surface area contributed by atoms with Crippen LogP contribution in [-0.4, -0.2) is 31.7 Å². The minimum atomic E-state index is -0.884. The third-order valence-corrected chi connectivity index (χ3v) is 3.18. The van der Waals surface area contributed by atoms with Gasteiger partial charge >= 0.3 is 5.97 Å². The Hall–Kier alpha value is -1.20. The number of benzene rings is 1. The predicted octanol–water partition coefficient (Wildman–Crippen LogP) is 2.82. The Morgan fingerprint density at radius 3 is 2.56 bits per heavy atom. The van der Waals surface area contributed by atoms with Crippen molar-refractivity contribution in [3.05, 3.63) is 22.7 Å². The number of hydrogen-bond acceptors (Lipinski definition) is 5. The Balaban J connectivity index is 3.15. The number of halogens is 1. The summed E-state index contributed by atoms with van der Waals surface area (Å²) in [7, 11) is 1.49. The first kappa shape index (κ1) is 14.9. The zero-order valence-corrected chi connectivity index (χ0v) is 11.9. The number of hydrogen-bond donors (Lipinski definition) is 0. The summed E-state index contributed by atoms with van der Waals surface area (Å²) in [4.78, 5) is 23.8. The van der Waals surface area contributed by atoms with E-state index in [0.29, 0.717) is 10.6 Å². The molecule has 4 nitrogen and oxygen atoms in total. The van der Waals surface area contributed by atoms with Gasteiger partial charge in [0, 0.05) is 5.56 Å². The lowest BCUT2D eigenvalue weighted by atomic mass is 10.1. The number of ether oxygens (including phenoxy) is 2. The van der Waals surface area contributed by atoms with E-state index in [1.54, 1.807) is 13.0 Å². The van der Waals surface area contributed by atoms with Crippen LogP contribution in [0, 0.1) is 0 Å². The maximum atomic E-state index is 11.8. The standard InChI is InChI=1S/C12H13ClO4S/c1-4-17-12(15)10(14)7-5-8(13)11(16-2)9(6-7)18-3/h5-6H,4H2,1-3H3. The second kappa shape index (κ2) is 6.66. The molecule has 6 heteroatoms. The Morgan fingerprint density at radius 1 is 1.39 bits per heavy atom. The van der Waals surface area contributed by atoms with Gasteiger partial charge in [-0.1, -0.05) is 11.6 Å². The molecule has 0 aromatic heterocycles. The van der Waals surface area contributed by atoms with Gasteiger partial charge in [-0.05, 0) is 25.3 Å². The first-order chi connectivity index (χ1) is 8.54. The Morgan fingerprint density at radius 2 is 2.06 bits per heavy atom. The molecule has 1 aromatic carbocycles. The molecular formula is C12H13ClO4S. The third-order valence-electron chi connectivity index (χ3n) is 2.16. The fourth-order valence-electron chi connectivity index (χ4n) is 1.36. The van der Waals surface area contributed by atoms with Crippen LogP contribution in [0.1, 0.15) is 17.3 Å². The van der Waals surface area contributed by atoms with Gasteiger partial charge in [-0.3, -0.25) is 4.79 Å². The van der Waals surface area contributed by atoms with Gasteiger partial charge in [-0.25, -0.2) is 4.79 Å². The van der Waals surface area contributed by atoms with Crippen LogP contribution in [0.2, 0.25) is 5.02 Å². The molecule has 0 radical (unpaired) electrons. The highest BCUT2D eigenvalue weighted by Gasteiger charge is 2.20. The van der Waals surface area contributed by atoms with Gasteiger partial charge in [0.2, 0.25) is 0 Å². The number of methoxy groups -OCH3 is 1. The molecule has 0 atom stereocenters. The van der Waals surface area contributed by atoms with E-state index in [1.165, 1.54) is 24.9 Å². The van der Waals surface area contributed by atoms with Crippen LogP contribution in [0.15, 0.2) is 17.0 Å². The summed E-state index contributed by atoms with van der Waals surface area (Å²) < 4.78 is 9.79. The van der Waals surface area contributed by atoms with Crippen LogP contribution >= 0.6 is 23.4 Å². The Labute approximate surface area is 115 Å². The van der Waals surface area contributed by atoms with Gasteiger partial charge in [0.15, 0.2) is 5.75 Å². The van der Waals surface area contributed by atoms with Crippen molar-refractivity contribution in [2.45, 2.75) is 11.8 Å². The molecule has 0 N–H and O–H groups in total. The van der Waals surface area contributed by atoms with Crippen molar-refractivity contribution in [1.29, 1.82) is 0 Å². The summed E-state index contributed by atoms with van der Waals surface area (Å²) in [6.45, 7) is 1.79. The molecule has 98 valence electrons. The summed E-state index contributed by atoms with van der Waals surface area (Å²) in [6, 6.07) is 2.97. The first-order valence-corrected chi connectivity index (χ1v) is 6.78. The predicted molar refractivity (Wildman–Crippen MR) is 70.7 cm³/mol. The van der Waals surface area contributed by atoms with Crippen molar-refractivity contribution in [1.82, 2.24) is 0 Å². The molecule has 1 rings (SSSR count). The maximum Gasteiger partial charge on any atom is 0.379 e. The number of esters is 1. The molecule has 18 heavy (non-hydrogen) atoms. The van der Waals surface area contributed by atoms with Crippen LogP contribution in [0.25, 0.3) is 0 Å². The second-order valence-electron chi connectivity index (χ2n) is 3.24. The van der Waals surface area contributed by atoms with Crippen LogP contribution < -0.4 is 4.74 Å². The van der Waals surface area contributed by atoms with Crippen molar-refractivity contribution >= 4 is 35.1 Å². The van der Waals surface area contributed by atoms with Crippen molar-refractivity contribution < 1.29 is 19.1 Å². The minimum Gasteiger partial charge on any atom is -0.494 e. The lowest BCUT2D eigenvalue weighted by molar-refractivity contribution is -0.137. The molecule has 1 aromatic rings. The number of Topliss-reactive ketones (excluding diaryl/α,β-unsaturated/α-hetero) is 1. The van der Waals surface area contributed by atoms with E-state index < -0.39 is 11.8 Å². The molecule has 0 unspecified atom stereocenters. The summed E-state index contributed by atoms with van der Waals surface area (Å²) in [6.07, 6.45) is 1.83. The number of ketones is 1. The molecule has 0 aliphatic rings. The number of rotatable bonds is 5. The normalized spacial score (nSPS) is 10.0. The molecule has 0 saturated heterocycles. The SMILES string of the molecule is CCOC(=O)C(=O)c1cc(Cl)c(OC)c(SC)c1. The van der Waals surface area contributed by atoms with E-state index in [2.05, 4.69) is 4.74 Å². The molecule has 0 spiro atoms. The maximum absolute atomic E-state index is 11.8. The van der Waals surface area contributed by atoms with Crippen LogP contribution in [0.4, 0.5) is 0 Å². The highest BCUT2D eigenvalue weighted by molar-refractivity contribution is 7.98. The van der Waals surface area contributed by atoms with Gasteiger partial charge in [0.25, 0.3) is 5.78 Å². The third kappa shape index (κ3) is 3.17. The van der Waals surface area contributed by atoms with Gasteiger partial charge in [0.1, 0.15) is 0 Å². The van der Waals surface area contributed by atoms with Gasteiger partial charge in [-0.2, -0.15) is 0 Å². The molecule has 0 aliphatic heterocycles. The Kier molecular flexibility index (Phi) is 5.50. The van der Waals surface area contributed by atoms with Crippen molar-refractivity contribution in [3.63, 3.8) is 0 Å². The molecule has 0 heterocycles. The fourth-order valence-corrected chi connectivity index (χ4v) is 2.34. The number of carbonyl (C=O) groups is 2. The number of thioether (sulfide) groups is 1. The van der Waals surface area contributed by atoms with E-state index in [-0.39, 0.29) is 17.2 Å². The topological polar surface area (TPSA) is 52.6 Å². The monoisotopic (exact) mass is 288 g/mol. The fraction of sp³-hybridized carbons (Fsp3) is 0.333. The average Bonchev–Trinajstić information content (AvgIpc) is 2.36. The van der Waals surface area contributed by atoms with Crippen LogP contribution in [0.5, 0.6) is 5.75 Å². The minimum absolute atomic E-state index is 0.157. The van der Waals surface area contributed by atoms with E-state index in [1.807, 2.05) is 6.26 Å². The second-order valence-corrected chi connectivity index (χ2v) is 4.50. The largest absolute Gasteiger partial charge is 0.494 e. The zero-order chi connectivity index (χ0) is 13.7.